The molecule has 0 aromatic carbocycles. The van der Waals surface area contributed by atoms with Crippen molar-refractivity contribution in [3.05, 3.63) is 60.8 Å². The second kappa shape index (κ2) is 4.25. The van der Waals surface area contributed by atoms with Crippen molar-refractivity contribution in [1.82, 2.24) is 4.90 Å². The van der Waals surface area contributed by atoms with Crippen LogP contribution in [0.3, 0.4) is 0 Å². The van der Waals surface area contributed by atoms with Gasteiger partial charge in [0.1, 0.15) is 0 Å². The van der Waals surface area contributed by atoms with Gasteiger partial charge in [-0.1, -0.05) is 38.5 Å². The zero-order valence-electron chi connectivity index (χ0n) is 8.84. The maximum atomic E-state index is 4.06. The van der Waals surface area contributed by atoms with E-state index in [1.165, 1.54) is 5.57 Å². The first-order chi connectivity index (χ1) is 6.60. The standard InChI is InChI=1S/C13H17N/c1-6-10(3)13-11(4)8-14(5)9-12(13)7-2/h6-7H,1-4,8-9H2,5H3. The zero-order valence-corrected chi connectivity index (χ0v) is 8.84. The second-order valence-corrected chi connectivity index (χ2v) is 3.61. The number of hydrogen-bond donors (Lipinski definition) is 0. The van der Waals surface area contributed by atoms with Gasteiger partial charge >= 0.3 is 0 Å². The van der Waals surface area contributed by atoms with E-state index in [-0.39, 0.29) is 0 Å². The number of allylic oxidation sites excluding steroid dienone is 2. The minimum Gasteiger partial charge on any atom is -0.298 e. The van der Waals surface area contributed by atoms with E-state index in [0.717, 1.165) is 29.8 Å². The summed E-state index contributed by atoms with van der Waals surface area (Å²) in [6.07, 6.45) is 3.65. The fourth-order valence-electron chi connectivity index (χ4n) is 1.76. The number of nitrogens with zero attached hydrogens (tertiary/aromatic N) is 1. The Kier molecular flexibility index (Phi) is 3.26. The Labute approximate surface area is 86.4 Å². The van der Waals surface area contributed by atoms with Gasteiger partial charge in [-0.2, -0.15) is 0 Å². The van der Waals surface area contributed by atoms with Crippen molar-refractivity contribution in [1.29, 1.82) is 0 Å². The highest BCUT2D eigenvalue weighted by Gasteiger charge is 2.18. The largest absolute Gasteiger partial charge is 0.298 e. The Bertz CT molecular complexity index is 331. The van der Waals surface area contributed by atoms with Crippen LogP contribution in [0.2, 0.25) is 0 Å². The Morgan fingerprint density at radius 2 is 2.00 bits per heavy atom. The quantitative estimate of drug-likeness (QED) is 0.614. The molecule has 0 fully saturated rings. The Hall–Kier alpha value is -1.34. The van der Waals surface area contributed by atoms with Gasteiger partial charge in [0.05, 0.1) is 0 Å². The van der Waals surface area contributed by atoms with Gasteiger partial charge in [0.15, 0.2) is 0 Å². The van der Waals surface area contributed by atoms with Crippen LogP contribution in [0.15, 0.2) is 60.8 Å². The summed E-state index contributed by atoms with van der Waals surface area (Å²) in [5.74, 6) is 0. The summed E-state index contributed by atoms with van der Waals surface area (Å²) in [6, 6.07) is 0. The van der Waals surface area contributed by atoms with Crippen LogP contribution in [0.25, 0.3) is 0 Å². The summed E-state index contributed by atoms with van der Waals surface area (Å²) < 4.78 is 0. The summed E-state index contributed by atoms with van der Waals surface area (Å²) in [6.45, 7) is 17.4. The molecule has 0 saturated carbocycles. The number of hydrogen-bond acceptors (Lipinski definition) is 1. The predicted octanol–water partition coefficient (Wildman–Crippen LogP) is 2.71. The fourth-order valence-corrected chi connectivity index (χ4v) is 1.76. The van der Waals surface area contributed by atoms with Crippen molar-refractivity contribution >= 4 is 0 Å². The van der Waals surface area contributed by atoms with Crippen LogP contribution in [0.1, 0.15) is 0 Å². The van der Waals surface area contributed by atoms with Crippen molar-refractivity contribution in [2.24, 2.45) is 0 Å². The second-order valence-electron chi connectivity index (χ2n) is 3.61. The average Bonchev–Trinajstić information content (AvgIpc) is 2.15. The molecule has 0 atom stereocenters. The number of rotatable bonds is 3. The SMILES string of the molecule is C=CC(=C)C1=C(C=C)CN(C)CC1=C. The first kappa shape index (κ1) is 10.7. The molecule has 1 nitrogen and oxygen atoms in total. The summed E-state index contributed by atoms with van der Waals surface area (Å²) in [5.41, 5.74) is 4.36. The van der Waals surface area contributed by atoms with Crippen LogP contribution in [-0.4, -0.2) is 25.0 Å². The molecule has 1 heteroatoms. The molecular formula is C13H17N. The molecule has 14 heavy (non-hydrogen) atoms. The molecule has 0 aliphatic carbocycles. The van der Waals surface area contributed by atoms with Crippen molar-refractivity contribution in [2.75, 3.05) is 20.1 Å². The monoisotopic (exact) mass is 187 g/mol. The molecule has 0 radical (unpaired) electrons. The van der Waals surface area contributed by atoms with E-state index in [4.69, 9.17) is 0 Å². The van der Waals surface area contributed by atoms with Gasteiger partial charge in [-0.3, -0.25) is 4.90 Å². The summed E-state index contributed by atoms with van der Waals surface area (Å²) in [7, 11) is 2.07. The molecule has 74 valence electrons. The van der Waals surface area contributed by atoms with Crippen molar-refractivity contribution in [3.8, 4) is 0 Å². The normalized spacial score (nSPS) is 18.2. The molecule has 0 aromatic heterocycles. The predicted molar refractivity (Wildman–Crippen MR) is 63.2 cm³/mol. The third-order valence-electron chi connectivity index (χ3n) is 2.39. The molecular weight excluding hydrogens is 170 g/mol. The summed E-state index contributed by atoms with van der Waals surface area (Å²) >= 11 is 0. The van der Waals surface area contributed by atoms with Crippen LogP contribution in [-0.2, 0) is 0 Å². The summed E-state index contributed by atoms with van der Waals surface area (Å²) in [5, 5.41) is 0. The van der Waals surface area contributed by atoms with Crippen LogP contribution in [0, 0.1) is 0 Å². The first-order valence-electron chi connectivity index (χ1n) is 4.64. The highest BCUT2D eigenvalue weighted by atomic mass is 15.1. The van der Waals surface area contributed by atoms with Crippen LogP contribution >= 0.6 is 0 Å². The minimum absolute atomic E-state index is 0.888. The van der Waals surface area contributed by atoms with E-state index >= 15 is 0 Å². The van der Waals surface area contributed by atoms with Crippen molar-refractivity contribution in [2.45, 2.75) is 0 Å². The van der Waals surface area contributed by atoms with Crippen LogP contribution in [0.4, 0.5) is 0 Å². The van der Waals surface area contributed by atoms with Gasteiger partial charge in [0, 0.05) is 13.1 Å². The lowest BCUT2D eigenvalue weighted by molar-refractivity contribution is 0.387. The van der Waals surface area contributed by atoms with Gasteiger partial charge in [-0.25, -0.2) is 0 Å². The highest BCUT2D eigenvalue weighted by Crippen LogP contribution is 2.27. The van der Waals surface area contributed by atoms with E-state index in [2.05, 4.69) is 38.3 Å². The molecule has 0 N–H and O–H groups in total. The Morgan fingerprint density at radius 3 is 2.50 bits per heavy atom. The molecule has 0 aromatic rings. The molecule has 0 amide bonds. The summed E-state index contributed by atoms with van der Waals surface area (Å²) in [4.78, 5) is 2.21. The Balaban J connectivity index is 3.17. The molecule has 0 bridgehead atoms. The van der Waals surface area contributed by atoms with E-state index in [1.807, 2.05) is 6.08 Å². The fraction of sp³-hybridized carbons (Fsp3) is 0.231. The number of likely N-dealkylation sites (N-methyl/N-ethyl adjacent to an activating group) is 1. The van der Waals surface area contributed by atoms with Crippen molar-refractivity contribution in [3.63, 3.8) is 0 Å². The van der Waals surface area contributed by atoms with E-state index in [1.54, 1.807) is 6.08 Å². The third-order valence-corrected chi connectivity index (χ3v) is 2.39. The van der Waals surface area contributed by atoms with E-state index in [0.29, 0.717) is 0 Å². The maximum absolute atomic E-state index is 4.06. The van der Waals surface area contributed by atoms with Crippen molar-refractivity contribution < 1.29 is 0 Å². The Morgan fingerprint density at radius 1 is 1.36 bits per heavy atom. The third kappa shape index (κ3) is 1.94. The lowest BCUT2D eigenvalue weighted by Crippen LogP contribution is -2.29. The minimum atomic E-state index is 0.888. The smallest absolute Gasteiger partial charge is 0.0240 e. The van der Waals surface area contributed by atoms with Gasteiger partial charge in [0.25, 0.3) is 0 Å². The lowest BCUT2D eigenvalue weighted by Gasteiger charge is -2.28. The molecule has 1 aliphatic rings. The average molecular weight is 187 g/mol. The molecule has 0 saturated heterocycles. The molecule has 0 unspecified atom stereocenters. The van der Waals surface area contributed by atoms with Gasteiger partial charge in [-0.05, 0) is 29.3 Å². The molecule has 1 aliphatic heterocycles. The molecule has 0 spiro atoms. The topological polar surface area (TPSA) is 3.24 Å². The van der Waals surface area contributed by atoms with Crippen LogP contribution < -0.4 is 0 Å². The van der Waals surface area contributed by atoms with Gasteiger partial charge in [-0.15, -0.1) is 0 Å². The molecule has 1 heterocycles. The highest BCUT2D eigenvalue weighted by molar-refractivity contribution is 5.56. The lowest BCUT2D eigenvalue weighted by atomic mass is 9.91. The van der Waals surface area contributed by atoms with E-state index in [9.17, 15) is 0 Å². The van der Waals surface area contributed by atoms with E-state index < -0.39 is 0 Å². The first-order valence-corrected chi connectivity index (χ1v) is 4.64. The molecule has 1 rings (SSSR count). The van der Waals surface area contributed by atoms with Crippen LogP contribution in [0.5, 0.6) is 0 Å². The maximum Gasteiger partial charge on any atom is 0.0240 e. The van der Waals surface area contributed by atoms with Gasteiger partial charge in [0.2, 0.25) is 0 Å². The van der Waals surface area contributed by atoms with Gasteiger partial charge < -0.3 is 0 Å². The zero-order chi connectivity index (χ0) is 10.7.